The Morgan fingerprint density at radius 3 is 2.63 bits per heavy atom. The molecule has 0 bridgehead atoms. The maximum absolute atomic E-state index is 13.0. The molecule has 3 heterocycles. The van der Waals surface area contributed by atoms with E-state index in [2.05, 4.69) is 5.10 Å². The number of likely N-dealkylation sites (tertiary alicyclic amines) is 1. The molecule has 1 aromatic rings. The second kappa shape index (κ2) is 6.92. The molecule has 27 heavy (non-hydrogen) atoms. The number of ether oxygens (including phenoxy) is 1. The quantitative estimate of drug-likeness (QED) is 0.709. The number of nitrogens with zero attached hydrogens (tertiary/aromatic N) is 3. The van der Waals surface area contributed by atoms with Crippen LogP contribution in [0.25, 0.3) is 0 Å². The summed E-state index contributed by atoms with van der Waals surface area (Å²) in [6.07, 6.45) is 4.12. The van der Waals surface area contributed by atoms with Crippen molar-refractivity contribution in [3.8, 4) is 0 Å². The van der Waals surface area contributed by atoms with Gasteiger partial charge in [-0.15, -0.1) is 0 Å². The molecule has 0 radical (unpaired) electrons. The molecule has 1 amide bonds. The molecule has 1 aromatic heterocycles. The fourth-order valence-corrected chi connectivity index (χ4v) is 5.83. The summed E-state index contributed by atoms with van der Waals surface area (Å²) in [7, 11) is -1.66. The molecule has 3 aliphatic rings. The number of hydrogen-bond acceptors (Lipinski definition) is 6. The number of amides is 1. The highest BCUT2D eigenvalue weighted by atomic mass is 32.2. The van der Waals surface area contributed by atoms with Crippen LogP contribution in [0.15, 0.2) is 6.07 Å². The topological polar surface area (TPSA) is 98.6 Å². The lowest BCUT2D eigenvalue weighted by Gasteiger charge is -2.30. The SMILES string of the molecule is COC(=O)C1CCCN(C(=O)c2cc(C3CC3)n(C3CCS(=O)(=O)C3)n2)C1. The van der Waals surface area contributed by atoms with Gasteiger partial charge in [0.1, 0.15) is 0 Å². The Balaban J connectivity index is 1.56. The van der Waals surface area contributed by atoms with E-state index in [1.807, 2.05) is 6.07 Å². The van der Waals surface area contributed by atoms with Crippen molar-refractivity contribution in [3.05, 3.63) is 17.5 Å². The van der Waals surface area contributed by atoms with Gasteiger partial charge in [-0.1, -0.05) is 0 Å². The summed E-state index contributed by atoms with van der Waals surface area (Å²) < 4.78 is 30.3. The van der Waals surface area contributed by atoms with Gasteiger partial charge in [0.2, 0.25) is 0 Å². The van der Waals surface area contributed by atoms with E-state index in [9.17, 15) is 18.0 Å². The minimum absolute atomic E-state index is 0.0934. The Hall–Kier alpha value is -1.90. The second-order valence-corrected chi connectivity index (χ2v) is 10.1. The smallest absolute Gasteiger partial charge is 0.310 e. The Bertz CT molecular complexity index is 858. The zero-order valence-electron chi connectivity index (χ0n) is 15.5. The first-order chi connectivity index (χ1) is 12.9. The number of rotatable bonds is 4. The van der Waals surface area contributed by atoms with Crippen LogP contribution in [0, 0.1) is 5.92 Å². The van der Waals surface area contributed by atoms with Crippen molar-refractivity contribution in [1.29, 1.82) is 0 Å². The summed E-state index contributed by atoms with van der Waals surface area (Å²) in [6, 6.07) is 1.64. The van der Waals surface area contributed by atoms with Gasteiger partial charge in [0, 0.05) is 24.7 Å². The fraction of sp³-hybridized carbons (Fsp3) is 0.722. The average molecular weight is 395 g/mol. The fourth-order valence-electron chi connectivity index (χ4n) is 4.14. The minimum atomic E-state index is -3.02. The van der Waals surface area contributed by atoms with Crippen LogP contribution in [0.5, 0.6) is 0 Å². The van der Waals surface area contributed by atoms with Crippen molar-refractivity contribution in [1.82, 2.24) is 14.7 Å². The first kappa shape index (κ1) is 18.5. The highest BCUT2D eigenvalue weighted by Gasteiger charge is 2.37. The predicted octanol–water partition coefficient (Wildman–Crippen LogP) is 1.15. The molecule has 0 aromatic carbocycles. The third kappa shape index (κ3) is 3.74. The largest absolute Gasteiger partial charge is 0.469 e. The third-order valence-electron chi connectivity index (χ3n) is 5.78. The molecule has 1 saturated carbocycles. The van der Waals surface area contributed by atoms with E-state index in [4.69, 9.17) is 4.74 Å². The minimum Gasteiger partial charge on any atom is -0.469 e. The van der Waals surface area contributed by atoms with Crippen molar-refractivity contribution in [2.75, 3.05) is 31.7 Å². The number of esters is 1. The summed E-state index contributed by atoms with van der Waals surface area (Å²) in [5.41, 5.74) is 1.33. The number of methoxy groups -OCH3 is 1. The first-order valence-electron chi connectivity index (χ1n) is 9.55. The number of sulfone groups is 1. The normalized spacial score (nSPS) is 27.5. The zero-order valence-corrected chi connectivity index (χ0v) is 16.3. The van der Waals surface area contributed by atoms with E-state index in [0.29, 0.717) is 31.1 Å². The van der Waals surface area contributed by atoms with E-state index in [1.54, 1.807) is 9.58 Å². The summed E-state index contributed by atoms with van der Waals surface area (Å²) >= 11 is 0. The van der Waals surface area contributed by atoms with Crippen LogP contribution in [-0.2, 0) is 19.4 Å². The maximum atomic E-state index is 13.0. The van der Waals surface area contributed by atoms with Gasteiger partial charge >= 0.3 is 5.97 Å². The van der Waals surface area contributed by atoms with Gasteiger partial charge in [0.25, 0.3) is 5.91 Å². The number of piperidine rings is 1. The van der Waals surface area contributed by atoms with Crippen molar-refractivity contribution in [3.63, 3.8) is 0 Å². The Morgan fingerprint density at radius 2 is 2.00 bits per heavy atom. The van der Waals surface area contributed by atoms with Crippen LogP contribution in [0.1, 0.15) is 60.2 Å². The Morgan fingerprint density at radius 1 is 1.22 bits per heavy atom. The van der Waals surface area contributed by atoms with Crippen LogP contribution in [0.2, 0.25) is 0 Å². The lowest BCUT2D eigenvalue weighted by atomic mass is 9.98. The molecule has 0 N–H and O–H groups in total. The summed E-state index contributed by atoms with van der Waals surface area (Å²) in [4.78, 5) is 26.5. The second-order valence-electron chi connectivity index (χ2n) is 7.84. The van der Waals surface area contributed by atoms with Gasteiger partial charge in [0.15, 0.2) is 15.5 Å². The van der Waals surface area contributed by atoms with E-state index in [-0.39, 0.29) is 35.3 Å². The lowest BCUT2D eigenvalue weighted by molar-refractivity contribution is -0.146. The zero-order chi connectivity index (χ0) is 19.2. The summed E-state index contributed by atoms with van der Waals surface area (Å²) in [5.74, 6) is -0.129. The van der Waals surface area contributed by atoms with Crippen LogP contribution >= 0.6 is 0 Å². The van der Waals surface area contributed by atoms with Crippen LogP contribution in [0.3, 0.4) is 0 Å². The summed E-state index contributed by atoms with van der Waals surface area (Å²) in [5, 5.41) is 4.53. The van der Waals surface area contributed by atoms with Crippen molar-refractivity contribution < 1.29 is 22.7 Å². The van der Waals surface area contributed by atoms with Gasteiger partial charge in [-0.2, -0.15) is 5.10 Å². The van der Waals surface area contributed by atoms with Crippen LogP contribution in [0.4, 0.5) is 0 Å². The molecule has 2 unspecified atom stereocenters. The third-order valence-corrected chi connectivity index (χ3v) is 7.53. The van der Waals surface area contributed by atoms with Crippen molar-refractivity contribution in [2.45, 2.75) is 44.1 Å². The average Bonchev–Trinajstić information content (AvgIpc) is 3.31. The summed E-state index contributed by atoms with van der Waals surface area (Å²) in [6.45, 7) is 0.935. The predicted molar refractivity (Wildman–Crippen MR) is 97.2 cm³/mol. The molecular weight excluding hydrogens is 370 g/mol. The van der Waals surface area contributed by atoms with Gasteiger partial charge in [-0.3, -0.25) is 14.3 Å². The first-order valence-corrected chi connectivity index (χ1v) is 11.4. The van der Waals surface area contributed by atoms with Gasteiger partial charge in [-0.25, -0.2) is 8.42 Å². The molecule has 2 saturated heterocycles. The highest BCUT2D eigenvalue weighted by molar-refractivity contribution is 7.91. The maximum Gasteiger partial charge on any atom is 0.310 e. The molecule has 1 aliphatic carbocycles. The molecule has 3 fully saturated rings. The Labute approximate surface area is 158 Å². The monoisotopic (exact) mass is 395 g/mol. The van der Waals surface area contributed by atoms with E-state index in [0.717, 1.165) is 31.4 Å². The van der Waals surface area contributed by atoms with Gasteiger partial charge in [0.05, 0.1) is 30.6 Å². The molecule has 148 valence electrons. The van der Waals surface area contributed by atoms with Crippen LogP contribution < -0.4 is 0 Å². The lowest BCUT2D eigenvalue weighted by Crippen LogP contribution is -2.42. The Kier molecular flexibility index (Phi) is 4.73. The number of carbonyl (C=O) groups is 2. The van der Waals surface area contributed by atoms with Crippen molar-refractivity contribution in [2.24, 2.45) is 5.92 Å². The number of hydrogen-bond donors (Lipinski definition) is 0. The molecule has 4 rings (SSSR count). The van der Waals surface area contributed by atoms with Gasteiger partial charge in [-0.05, 0) is 38.2 Å². The molecule has 9 heteroatoms. The standard InChI is InChI=1S/C18H25N3O5S/c1-26-18(23)13-3-2-7-20(10-13)17(22)15-9-16(12-4-5-12)21(19-15)14-6-8-27(24,25)11-14/h9,12-14H,2-8,10-11H2,1H3. The van der Waals surface area contributed by atoms with Crippen LogP contribution in [-0.4, -0.2) is 66.7 Å². The molecule has 8 nitrogen and oxygen atoms in total. The molecular formula is C18H25N3O5S. The van der Waals surface area contributed by atoms with Gasteiger partial charge < -0.3 is 9.64 Å². The highest BCUT2D eigenvalue weighted by Crippen LogP contribution is 2.42. The van der Waals surface area contributed by atoms with E-state index in [1.165, 1.54) is 7.11 Å². The van der Waals surface area contributed by atoms with E-state index < -0.39 is 9.84 Å². The number of carbonyl (C=O) groups excluding carboxylic acids is 2. The number of aromatic nitrogens is 2. The molecule has 2 atom stereocenters. The van der Waals surface area contributed by atoms with E-state index >= 15 is 0 Å². The molecule has 2 aliphatic heterocycles. The molecule has 0 spiro atoms. The van der Waals surface area contributed by atoms with Crippen molar-refractivity contribution >= 4 is 21.7 Å².